The first-order valence-electron chi connectivity index (χ1n) is 9.40. The van der Waals surface area contributed by atoms with Crippen LogP contribution < -0.4 is 0 Å². The number of carbonyl (C=O) groups is 1. The van der Waals surface area contributed by atoms with Crippen LogP contribution in [0.2, 0.25) is 0 Å². The molecule has 3 aromatic carbocycles. The van der Waals surface area contributed by atoms with Crippen molar-refractivity contribution in [2.45, 2.75) is 34.3 Å². The number of benzene rings is 3. The van der Waals surface area contributed by atoms with E-state index in [0.717, 1.165) is 33.4 Å². The highest BCUT2D eigenvalue weighted by Gasteiger charge is 2.21. The van der Waals surface area contributed by atoms with Crippen molar-refractivity contribution in [3.8, 4) is 0 Å². The van der Waals surface area contributed by atoms with Crippen LogP contribution >= 0.6 is 0 Å². The van der Waals surface area contributed by atoms with Crippen LogP contribution in [0, 0.1) is 27.7 Å². The third-order valence-corrected chi connectivity index (χ3v) is 5.15. The maximum absolute atomic E-state index is 13.4. The molecule has 0 aliphatic carbocycles. The van der Waals surface area contributed by atoms with Gasteiger partial charge in [-0.15, -0.1) is 0 Å². The zero-order chi connectivity index (χ0) is 20.1. The Morgan fingerprint density at radius 1 is 0.750 bits per heavy atom. The van der Waals surface area contributed by atoms with Crippen molar-refractivity contribution in [1.29, 1.82) is 0 Å². The zero-order valence-electron chi connectivity index (χ0n) is 16.8. The summed E-state index contributed by atoms with van der Waals surface area (Å²) in [6.07, 6.45) is 0. The Balaban J connectivity index is 2.01. The van der Waals surface area contributed by atoms with Gasteiger partial charge in [-0.05, 0) is 55.5 Å². The Bertz CT molecular complexity index is 1020. The lowest BCUT2D eigenvalue weighted by Crippen LogP contribution is -2.19. The predicted octanol–water partition coefficient (Wildman–Crippen LogP) is 5.72. The molecule has 142 valence electrons. The topological polar surface area (TPSA) is 38.7 Å². The van der Waals surface area contributed by atoms with Crippen LogP contribution in [-0.4, -0.2) is 11.5 Å². The third kappa shape index (κ3) is 4.20. The van der Waals surface area contributed by atoms with E-state index >= 15 is 0 Å². The molecule has 0 atom stereocenters. The summed E-state index contributed by atoms with van der Waals surface area (Å²) in [6, 6.07) is 21.5. The molecule has 0 spiro atoms. The fraction of sp³-hybridized carbons (Fsp3) is 0.200. The molecule has 0 bridgehead atoms. The number of rotatable bonds is 6. The lowest BCUT2D eigenvalue weighted by Gasteiger charge is -2.13. The maximum atomic E-state index is 13.4. The van der Waals surface area contributed by atoms with E-state index < -0.39 is 0 Å². The molecule has 0 saturated heterocycles. The van der Waals surface area contributed by atoms with Gasteiger partial charge in [-0.25, -0.2) is 0 Å². The van der Waals surface area contributed by atoms with Crippen molar-refractivity contribution in [3.05, 3.63) is 106 Å². The number of hydrogen-bond donors (Lipinski definition) is 0. The second-order valence-electron chi connectivity index (χ2n) is 7.02. The lowest BCUT2D eigenvalue weighted by molar-refractivity contribution is 0.103. The average Bonchev–Trinajstić information content (AvgIpc) is 2.70. The molecule has 0 fully saturated rings. The monoisotopic (exact) mass is 371 g/mol. The molecule has 0 heterocycles. The minimum absolute atomic E-state index is 0.122. The van der Waals surface area contributed by atoms with Crippen LogP contribution in [0.25, 0.3) is 0 Å². The zero-order valence-corrected chi connectivity index (χ0v) is 16.8. The van der Waals surface area contributed by atoms with E-state index in [2.05, 4.69) is 5.16 Å². The van der Waals surface area contributed by atoms with Crippen LogP contribution in [0.5, 0.6) is 0 Å². The molecule has 28 heavy (non-hydrogen) atoms. The van der Waals surface area contributed by atoms with E-state index in [9.17, 15) is 4.79 Å². The molecule has 0 unspecified atom stereocenters. The van der Waals surface area contributed by atoms with Crippen LogP contribution in [0.15, 0.2) is 71.9 Å². The van der Waals surface area contributed by atoms with Crippen molar-refractivity contribution in [1.82, 2.24) is 0 Å². The molecule has 0 aliphatic rings. The number of carbonyl (C=O) groups excluding carboxylic acids is 1. The molecule has 3 nitrogen and oxygen atoms in total. The quantitative estimate of drug-likeness (QED) is 0.316. The normalized spacial score (nSPS) is 11.4. The SMILES string of the molecule is Cc1cccc(C(=O)C(=NOCc2ccccc2)c2cccc(C)c2C)c1C. The minimum atomic E-state index is -0.122. The predicted molar refractivity (Wildman–Crippen MR) is 114 cm³/mol. The molecular weight excluding hydrogens is 346 g/mol. The number of oxime groups is 1. The Kier molecular flexibility index (Phi) is 6.05. The van der Waals surface area contributed by atoms with E-state index in [1.165, 1.54) is 0 Å². The van der Waals surface area contributed by atoms with Gasteiger partial charge in [-0.3, -0.25) is 4.79 Å². The molecular formula is C25H25NO2. The maximum Gasteiger partial charge on any atom is 0.215 e. The van der Waals surface area contributed by atoms with Gasteiger partial charge < -0.3 is 4.84 Å². The van der Waals surface area contributed by atoms with E-state index in [1.807, 2.05) is 94.4 Å². The van der Waals surface area contributed by atoms with Gasteiger partial charge in [0, 0.05) is 11.1 Å². The summed E-state index contributed by atoms with van der Waals surface area (Å²) in [6.45, 7) is 8.33. The summed E-state index contributed by atoms with van der Waals surface area (Å²) in [5, 5.41) is 4.31. The highest BCUT2D eigenvalue weighted by atomic mass is 16.6. The molecule has 3 rings (SSSR count). The summed E-state index contributed by atoms with van der Waals surface area (Å²) in [7, 11) is 0. The second kappa shape index (κ2) is 8.66. The summed E-state index contributed by atoms with van der Waals surface area (Å²) in [5.74, 6) is -0.122. The van der Waals surface area contributed by atoms with Gasteiger partial charge in [0.1, 0.15) is 6.61 Å². The van der Waals surface area contributed by atoms with Gasteiger partial charge in [0.05, 0.1) is 0 Å². The number of hydrogen-bond acceptors (Lipinski definition) is 3. The molecule has 0 saturated carbocycles. The second-order valence-corrected chi connectivity index (χ2v) is 7.02. The number of aryl methyl sites for hydroxylation is 2. The highest BCUT2D eigenvalue weighted by molar-refractivity contribution is 6.51. The van der Waals surface area contributed by atoms with Crippen LogP contribution in [0.4, 0.5) is 0 Å². The third-order valence-electron chi connectivity index (χ3n) is 5.15. The Morgan fingerprint density at radius 2 is 1.32 bits per heavy atom. The number of ketones is 1. The van der Waals surface area contributed by atoms with Crippen molar-refractivity contribution < 1.29 is 9.63 Å². The first kappa shape index (κ1) is 19.6. The van der Waals surface area contributed by atoms with Crippen molar-refractivity contribution in [2.75, 3.05) is 0 Å². The largest absolute Gasteiger partial charge is 0.390 e. The van der Waals surface area contributed by atoms with Gasteiger partial charge in [-0.2, -0.15) is 0 Å². The van der Waals surface area contributed by atoms with E-state index in [1.54, 1.807) is 0 Å². The van der Waals surface area contributed by atoms with E-state index in [4.69, 9.17) is 4.84 Å². The standard InChI is InChI=1S/C25H25NO2/c1-17-10-8-14-22(19(17)3)24(26-28-16-21-12-6-5-7-13-21)25(27)23-15-9-11-18(2)20(23)4/h5-15H,16H2,1-4H3. The van der Waals surface area contributed by atoms with Gasteiger partial charge >= 0.3 is 0 Å². The molecule has 3 aromatic rings. The summed E-state index contributed by atoms with van der Waals surface area (Å²) in [4.78, 5) is 19.0. The summed E-state index contributed by atoms with van der Waals surface area (Å²) < 4.78 is 0. The first-order chi connectivity index (χ1) is 13.5. The van der Waals surface area contributed by atoms with Crippen LogP contribution in [0.3, 0.4) is 0 Å². The van der Waals surface area contributed by atoms with Crippen LogP contribution in [-0.2, 0) is 11.4 Å². The van der Waals surface area contributed by atoms with Gasteiger partial charge in [-0.1, -0.05) is 71.9 Å². The molecule has 0 radical (unpaired) electrons. The van der Waals surface area contributed by atoms with Crippen LogP contribution in [0.1, 0.15) is 43.7 Å². The summed E-state index contributed by atoms with van der Waals surface area (Å²) in [5.41, 5.74) is 6.99. The smallest absolute Gasteiger partial charge is 0.215 e. The molecule has 0 amide bonds. The van der Waals surface area contributed by atoms with E-state index in [0.29, 0.717) is 17.9 Å². The lowest BCUT2D eigenvalue weighted by atomic mass is 9.92. The highest BCUT2D eigenvalue weighted by Crippen LogP contribution is 2.20. The number of Topliss-reactive ketones (excluding diaryl/α,β-unsaturated/α-hetero) is 1. The molecule has 3 heteroatoms. The number of nitrogens with zero attached hydrogens (tertiary/aromatic N) is 1. The van der Waals surface area contributed by atoms with Gasteiger partial charge in [0.25, 0.3) is 0 Å². The van der Waals surface area contributed by atoms with E-state index in [-0.39, 0.29) is 5.78 Å². The summed E-state index contributed by atoms with van der Waals surface area (Å²) >= 11 is 0. The molecule has 0 aromatic heterocycles. The van der Waals surface area contributed by atoms with Gasteiger partial charge in [0.2, 0.25) is 5.78 Å². The first-order valence-corrected chi connectivity index (χ1v) is 9.40. The van der Waals surface area contributed by atoms with Crippen molar-refractivity contribution in [3.63, 3.8) is 0 Å². The fourth-order valence-electron chi connectivity index (χ4n) is 3.09. The Hall–Kier alpha value is -3.20. The minimum Gasteiger partial charge on any atom is -0.390 e. The fourth-order valence-corrected chi connectivity index (χ4v) is 3.09. The van der Waals surface area contributed by atoms with Gasteiger partial charge in [0.15, 0.2) is 5.71 Å². The molecule has 0 N–H and O–H groups in total. The Labute approximate surface area is 166 Å². The van der Waals surface area contributed by atoms with Crippen molar-refractivity contribution in [2.24, 2.45) is 5.16 Å². The molecule has 0 aliphatic heterocycles. The Morgan fingerprint density at radius 3 is 1.96 bits per heavy atom. The average molecular weight is 371 g/mol. The van der Waals surface area contributed by atoms with Crippen molar-refractivity contribution >= 4 is 11.5 Å².